The largest absolute Gasteiger partial charge is 0.345 e. The van der Waals surface area contributed by atoms with Crippen molar-refractivity contribution in [2.75, 3.05) is 20.6 Å². The van der Waals surface area contributed by atoms with E-state index in [1.165, 1.54) is 4.90 Å². The smallest absolute Gasteiger partial charge is 0.253 e. The van der Waals surface area contributed by atoms with Crippen molar-refractivity contribution in [3.05, 3.63) is 77.9 Å². The summed E-state index contributed by atoms with van der Waals surface area (Å²) < 4.78 is 27.4. The molecule has 0 fully saturated rings. The number of fused-ring (bicyclic) bond motifs is 1. The van der Waals surface area contributed by atoms with E-state index in [1.54, 1.807) is 56.6 Å². The molecular weight excluding hydrogens is 372 g/mol. The van der Waals surface area contributed by atoms with Gasteiger partial charge in [-0.05, 0) is 47.2 Å². The van der Waals surface area contributed by atoms with Crippen LogP contribution in [-0.4, -0.2) is 39.9 Å². The van der Waals surface area contributed by atoms with Crippen LogP contribution in [0.4, 0.5) is 0 Å². The Kier molecular flexibility index (Phi) is 5.78. The molecule has 28 heavy (non-hydrogen) atoms. The SMILES string of the molecule is CN(C)C(=O)c1ccc(C#CCNS(=O)(=O)c2ccc3ccccc3c2)cc1. The molecule has 0 aliphatic rings. The molecule has 0 aromatic heterocycles. The lowest BCUT2D eigenvalue weighted by molar-refractivity contribution is 0.0827. The highest BCUT2D eigenvalue weighted by Gasteiger charge is 2.13. The molecule has 1 amide bonds. The zero-order valence-electron chi connectivity index (χ0n) is 15.6. The van der Waals surface area contributed by atoms with Gasteiger partial charge in [0.15, 0.2) is 0 Å². The zero-order chi connectivity index (χ0) is 20.1. The molecular formula is C22H20N2O3S. The van der Waals surface area contributed by atoms with Crippen molar-refractivity contribution in [3.8, 4) is 11.8 Å². The maximum atomic E-state index is 12.4. The molecule has 1 N–H and O–H groups in total. The van der Waals surface area contributed by atoms with Gasteiger partial charge in [-0.25, -0.2) is 8.42 Å². The summed E-state index contributed by atoms with van der Waals surface area (Å²) in [6, 6.07) is 19.5. The van der Waals surface area contributed by atoms with Crippen LogP contribution < -0.4 is 4.72 Å². The summed E-state index contributed by atoms with van der Waals surface area (Å²) in [6.45, 7) is -0.00641. The molecule has 0 aliphatic carbocycles. The molecule has 0 radical (unpaired) electrons. The van der Waals surface area contributed by atoms with Crippen molar-refractivity contribution >= 4 is 26.7 Å². The van der Waals surface area contributed by atoms with Crippen LogP contribution in [0.25, 0.3) is 10.8 Å². The molecule has 5 nitrogen and oxygen atoms in total. The van der Waals surface area contributed by atoms with Gasteiger partial charge in [-0.1, -0.05) is 42.2 Å². The van der Waals surface area contributed by atoms with Crippen LogP contribution >= 0.6 is 0 Å². The van der Waals surface area contributed by atoms with Crippen molar-refractivity contribution in [1.29, 1.82) is 0 Å². The van der Waals surface area contributed by atoms with Gasteiger partial charge >= 0.3 is 0 Å². The molecule has 0 aliphatic heterocycles. The topological polar surface area (TPSA) is 66.5 Å². The fourth-order valence-corrected chi connectivity index (χ4v) is 3.61. The van der Waals surface area contributed by atoms with Gasteiger partial charge in [0.05, 0.1) is 11.4 Å². The van der Waals surface area contributed by atoms with Gasteiger partial charge in [-0.3, -0.25) is 4.79 Å². The van der Waals surface area contributed by atoms with Gasteiger partial charge in [0.2, 0.25) is 10.0 Å². The normalized spacial score (nSPS) is 10.9. The van der Waals surface area contributed by atoms with Gasteiger partial charge in [-0.2, -0.15) is 4.72 Å². The minimum atomic E-state index is -3.64. The second-order valence-corrected chi connectivity index (χ2v) is 8.18. The van der Waals surface area contributed by atoms with Crippen molar-refractivity contribution in [3.63, 3.8) is 0 Å². The van der Waals surface area contributed by atoms with Gasteiger partial charge in [0.25, 0.3) is 5.91 Å². The number of nitrogens with zero attached hydrogens (tertiary/aromatic N) is 1. The maximum Gasteiger partial charge on any atom is 0.253 e. The molecule has 0 bridgehead atoms. The summed E-state index contributed by atoms with van der Waals surface area (Å²) in [6.07, 6.45) is 0. The Morgan fingerprint density at radius 3 is 2.32 bits per heavy atom. The van der Waals surface area contributed by atoms with E-state index in [2.05, 4.69) is 16.6 Å². The van der Waals surface area contributed by atoms with E-state index in [1.807, 2.05) is 24.3 Å². The Balaban J connectivity index is 1.66. The summed E-state index contributed by atoms with van der Waals surface area (Å²) in [4.78, 5) is 13.6. The lowest BCUT2D eigenvalue weighted by Crippen LogP contribution is -2.24. The fraction of sp³-hybridized carbons (Fsp3) is 0.136. The van der Waals surface area contributed by atoms with Gasteiger partial charge in [0.1, 0.15) is 0 Å². The molecule has 0 unspecified atom stereocenters. The predicted octanol–water partition coefficient (Wildman–Crippen LogP) is 2.87. The summed E-state index contributed by atoms with van der Waals surface area (Å²) in [5, 5.41) is 1.85. The number of carbonyl (C=O) groups excluding carboxylic acids is 1. The number of carbonyl (C=O) groups is 1. The molecule has 0 saturated heterocycles. The molecule has 3 aromatic rings. The monoisotopic (exact) mass is 392 g/mol. The van der Waals surface area contributed by atoms with Crippen molar-refractivity contribution in [2.45, 2.75) is 4.90 Å². The van der Waals surface area contributed by atoms with Crippen LogP contribution in [0.15, 0.2) is 71.6 Å². The van der Waals surface area contributed by atoms with E-state index in [-0.39, 0.29) is 17.3 Å². The summed E-state index contributed by atoms with van der Waals surface area (Å²) in [5.74, 6) is 5.61. The zero-order valence-corrected chi connectivity index (χ0v) is 16.5. The number of amides is 1. The van der Waals surface area contributed by atoms with Crippen LogP contribution in [0.3, 0.4) is 0 Å². The molecule has 0 saturated carbocycles. The van der Waals surface area contributed by atoms with Gasteiger partial charge in [-0.15, -0.1) is 0 Å². The van der Waals surface area contributed by atoms with Crippen LogP contribution in [0.5, 0.6) is 0 Å². The molecule has 0 spiro atoms. The fourth-order valence-electron chi connectivity index (χ4n) is 2.65. The lowest BCUT2D eigenvalue weighted by Gasteiger charge is -2.09. The lowest BCUT2D eigenvalue weighted by atomic mass is 10.1. The maximum absolute atomic E-state index is 12.4. The number of sulfonamides is 1. The third-order valence-electron chi connectivity index (χ3n) is 4.15. The van der Waals surface area contributed by atoms with Crippen LogP contribution in [0.1, 0.15) is 15.9 Å². The highest BCUT2D eigenvalue weighted by molar-refractivity contribution is 7.89. The first-order valence-corrected chi connectivity index (χ1v) is 10.1. The second-order valence-electron chi connectivity index (χ2n) is 6.41. The Bertz CT molecular complexity index is 1170. The summed E-state index contributed by atoms with van der Waals surface area (Å²) in [5.41, 5.74) is 1.28. The van der Waals surface area contributed by atoms with Crippen molar-refractivity contribution < 1.29 is 13.2 Å². The van der Waals surface area contributed by atoms with Crippen molar-refractivity contribution in [1.82, 2.24) is 9.62 Å². The van der Waals surface area contributed by atoms with Gasteiger partial charge < -0.3 is 4.90 Å². The number of nitrogens with one attached hydrogen (secondary N) is 1. The molecule has 142 valence electrons. The second kappa shape index (κ2) is 8.26. The Morgan fingerprint density at radius 1 is 0.964 bits per heavy atom. The summed E-state index contributed by atoms with van der Waals surface area (Å²) >= 11 is 0. The summed E-state index contributed by atoms with van der Waals surface area (Å²) in [7, 11) is -0.252. The molecule has 6 heteroatoms. The first-order chi connectivity index (χ1) is 13.4. The standard InChI is InChI=1S/C22H20N2O3S/c1-24(2)22(25)19-11-9-17(10-12-19)6-5-15-23-28(26,27)21-14-13-18-7-3-4-8-20(18)16-21/h3-4,7-14,16,23H,15H2,1-2H3. The van der Waals surface area contributed by atoms with E-state index in [0.717, 1.165) is 10.8 Å². The average molecular weight is 392 g/mol. The molecule has 0 atom stereocenters. The number of hydrogen-bond acceptors (Lipinski definition) is 3. The average Bonchev–Trinajstić information content (AvgIpc) is 2.70. The molecule has 3 rings (SSSR count). The minimum absolute atomic E-state index is 0.00641. The van der Waals surface area contributed by atoms with Crippen molar-refractivity contribution in [2.24, 2.45) is 0 Å². The van der Waals surface area contributed by atoms with Crippen LogP contribution in [0.2, 0.25) is 0 Å². The number of hydrogen-bond donors (Lipinski definition) is 1. The van der Waals surface area contributed by atoms with E-state index < -0.39 is 10.0 Å². The van der Waals surface area contributed by atoms with E-state index in [9.17, 15) is 13.2 Å². The van der Waals surface area contributed by atoms with Crippen LogP contribution in [0, 0.1) is 11.8 Å². The van der Waals surface area contributed by atoms with Crippen LogP contribution in [-0.2, 0) is 10.0 Å². The Hall–Kier alpha value is -3.14. The Morgan fingerprint density at radius 2 is 1.64 bits per heavy atom. The Labute approximate surface area is 165 Å². The van der Waals surface area contributed by atoms with E-state index in [4.69, 9.17) is 0 Å². The molecule has 0 heterocycles. The van der Waals surface area contributed by atoms with E-state index in [0.29, 0.717) is 11.1 Å². The third-order valence-corrected chi connectivity index (χ3v) is 5.55. The first kappa shape index (κ1) is 19.6. The van der Waals surface area contributed by atoms with E-state index >= 15 is 0 Å². The van der Waals surface area contributed by atoms with Gasteiger partial charge in [0, 0.05) is 25.2 Å². The predicted molar refractivity (Wildman–Crippen MR) is 110 cm³/mol. The first-order valence-electron chi connectivity index (χ1n) is 8.66. The quantitative estimate of drug-likeness (QED) is 0.695. The number of rotatable bonds is 4. The molecule has 3 aromatic carbocycles. The minimum Gasteiger partial charge on any atom is -0.345 e. The highest BCUT2D eigenvalue weighted by Crippen LogP contribution is 2.18. The number of benzene rings is 3. The highest BCUT2D eigenvalue weighted by atomic mass is 32.2. The third kappa shape index (κ3) is 4.58.